The minimum Gasteiger partial charge on any atom is -0.491 e. The van der Waals surface area contributed by atoms with E-state index in [1.807, 2.05) is 6.07 Å². The van der Waals surface area contributed by atoms with Gasteiger partial charge in [-0.1, -0.05) is 11.6 Å². The Morgan fingerprint density at radius 2 is 2.33 bits per heavy atom. The molecule has 0 aliphatic carbocycles. The number of halogens is 1. The van der Waals surface area contributed by atoms with E-state index in [0.717, 1.165) is 24.0 Å². The van der Waals surface area contributed by atoms with Gasteiger partial charge in [0, 0.05) is 12.0 Å². The lowest BCUT2D eigenvalue weighted by Crippen LogP contribution is -1.86. The number of carbonyl (C=O) groups excluding carboxylic acids is 1. The first-order valence-electron chi connectivity index (χ1n) is 3.71. The molecule has 0 fully saturated rings. The molecule has 2 rings (SSSR count). The summed E-state index contributed by atoms with van der Waals surface area (Å²) >= 11 is 5.87. The molecule has 1 aromatic rings. The van der Waals surface area contributed by atoms with Crippen molar-refractivity contribution in [2.45, 2.75) is 6.42 Å². The number of fused-ring (bicyclic) bond motifs is 1. The molecule has 1 aromatic carbocycles. The fraction of sp³-hybridized carbons (Fsp3) is 0.222. The van der Waals surface area contributed by atoms with Crippen molar-refractivity contribution in [3.63, 3.8) is 0 Å². The molecule has 0 N–H and O–H groups in total. The summed E-state index contributed by atoms with van der Waals surface area (Å²) in [5, 5.41) is 0.534. The number of carbonyl (C=O) groups is 1. The number of hydrogen-bond donors (Lipinski definition) is 0. The fourth-order valence-corrected chi connectivity index (χ4v) is 1.65. The van der Waals surface area contributed by atoms with Gasteiger partial charge in [0.1, 0.15) is 12.0 Å². The smallest absolute Gasteiger partial charge is 0.150 e. The Balaban J connectivity index is 2.58. The summed E-state index contributed by atoms with van der Waals surface area (Å²) < 4.78 is 5.28. The highest BCUT2D eigenvalue weighted by atomic mass is 35.5. The maximum Gasteiger partial charge on any atom is 0.150 e. The standard InChI is InChI=1S/C9H7ClO2/c10-8-4-6(5-11)3-7-1-2-12-9(7)8/h3-5H,1-2H2. The normalized spacial score (nSPS) is 13.8. The SMILES string of the molecule is O=Cc1cc(Cl)c2c(c1)CCO2. The summed E-state index contributed by atoms with van der Waals surface area (Å²) in [6, 6.07) is 3.44. The largest absolute Gasteiger partial charge is 0.491 e. The lowest BCUT2D eigenvalue weighted by atomic mass is 10.1. The highest BCUT2D eigenvalue weighted by molar-refractivity contribution is 6.32. The Hall–Kier alpha value is -1.02. The second-order valence-electron chi connectivity index (χ2n) is 2.71. The lowest BCUT2D eigenvalue weighted by molar-refractivity contribution is 0.112. The molecule has 0 atom stereocenters. The van der Waals surface area contributed by atoms with Crippen LogP contribution in [0.25, 0.3) is 0 Å². The monoisotopic (exact) mass is 182 g/mol. The maximum atomic E-state index is 10.5. The second kappa shape index (κ2) is 2.79. The van der Waals surface area contributed by atoms with Crippen LogP contribution in [0.4, 0.5) is 0 Å². The van der Waals surface area contributed by atoms with Crippen LogP contribution in [0.15, 0.2) is 12.1 Å². The van der Waals surface area contributed by atoms with Crippen LogP contribution in [0.5, 0.6) is 5.75 Å². The molecule has 0 saturated heterocycles. The molecule has 62 valence electrons. The summed E-state index contributed by atoms with van der Waals surface area (Å²) in [6.07, 6.45) is 1.64. The van der Waals surface area contributed by atoms with Crippen LogP contribution in [0, 0.1) is 0 Å². The molecule has 0 aromatic heterocycles. The highest BCUT2D eigenvalue weighted by Crippen LogP contribution is 2.33. The summed E-state index contributed by atoms with van der Waals surface area (Å²) in [7, 11) is 0. The molecule has 12 heavy (non-hydrogen) atoms. The van der Waals surface area contributed by atoms with Crippen molar-refractivity contribution in [3.8, 4) is 5.75 Å². The Bertz CT molecular complexity index is 334. The third-order valence-corrected chi connectivity index (χ3v) is 2.18. The van der Waals surface area contributed by atoms with Gasteiger partial charge < -0.3 is 4.74 Å². The van der Waals surface area contributed by atoms with E-state index in [9.17, 15) is 4.79 Å². The van der Waals surface area contributed by atoms with Crippen molar-refractivity contribution in [3.05, 3.63) is 28.3 Å². The van der Waals surface area contributed by atoms with E-state index in [2.05, 4.69) is 0 Å². The third-order valence-electron chi connectivity index (χ3n) is 1.90. The Morgan fingerprint density at radius 1 is 1.50 bits per heavy atom. The van der Waals surface area contributed by atoms with Crippen molar-refractivity contribution in [1.82, 2.24) is 0 Å². The van der Waals surface area contributed by atoms with Gasteiger partial charge in [0.15, 0.2) is 0 Å². The second-order valence-corrected chi connectivity index (χ2v) is 3.11. The number of rotatable bonds is 1. The minimum atomic E-state index is 0.534. The van der Waals surface area contributed by atoms with E-state index in [4.69, 9.17) is 16.3 Å². The molecule has 2 nitrogen and oxygen atoms in total. The van der Waals surface area contributed by atoms with Crippen LogP contribution in [-0.4, -0.2) is 12.9 Å². The zero-order valence-corrected chi connectivity index (χ0v) is 7.10. The zero-order valence-electron chi connectivity index (χ0n) is 6.34. The van der Waals surface area contributed by atoms with Gasteiger partial charge in [-0.25, -0.2) is 0 Å². The van der Waals surface area contributed by atoms with Gasteiger partial charge in [0.2, 0.25) is 0 Å². The van der Waals surface area contributed by atoms with Crippen molar-refractivity contribution in [1.29, 1.82) is 0 Å². The Kier molecular flexibility index (Phi) is 1.77. The van der Waals surface area contributed by atoms with E-state index in [1.165, 1.54) is 0 Å². The summed E-state index contributed by atoms with van der Waals surface area (Å²) in [4.78, 5) is 10.5. The van der Waals surface area contributed by atoms with Crippen molar-refractivity contribution < 1.29 is 9.53 Å². The van der Waals surface area contributed by atoms with E-state index >= 15 is 0 Å². The summed E-state index contributed by atoms with van der Waals surface area (Å²) in [5.41, 5.74) is 1.65. The molecule has 0 saturated carbocycles. The predicted octanol–water partition coefficient (Wildman–Crippen LogP) is 2.09. The Morgan fingerprint density at radius 3 is 3.08 bits per heavy atom. The van der Waals surface area contributed by atoms with Gasteiger partial charge in [-0.3, -0.25) is 4.79 Å². The van der Waals surface area contributed by atoms with Gasteiger partial charge in [-0.2, -0.15) is 0 Å². The number of aldehydes is 1. The van der Waals surface area contributed by atoms with E-state index in [1.54, 1.807) is 6.07 Å². The van der Waals surface area contributed by atoms with Crippen LogP contribution in [0.2, 0.25) is 5.02 Å². The third kappa shape index (κ3) is 1.08. The molecule has 3 heteroatoms. The number of hydrogen-bond acceptors (Lipinski definition) is 2. The Labute approximate surface area is 75.1 Å². The average molecular weight is 183 g/mol. The molecular formula is C9H7ClO2. The predicted molar refractivity (Wildman–Crippen MR) is 46.0 cm³/mol. The van der Waals surface area contributed by atoms with Crippen LogP contribution in [-0.2, 0) is 6.42 Å². The number of benzene rings is 1. The zero-order chi connectivity index (χ0) is 8.55. The molecule has 1 aliphatic heterocycles. The van der Waals surface area contributed by atoms with Gasteiger partial charge in [0.05, 0.1) is 11.6 Å². The van der Waals surface area contributed by atoms with Crippen LogP contribution in [0.3, 0.4) is 0 Å². The van der Waals surface area contributed by atoms with Crippen molar-refractivity contribution in [2.75, 3.05) is 6.61 Å². The number of ether oxygens (including phenoxy) is 1. The molecule has 0 spiro atoms. The quantitative estimate of drug-likeness (QED) is 0.622. The van der Waals surface area contributed by atoms with Gasteiger partial charge in [-0.05, 0) is 17.7 Å². The molecule has 1 aliphatic rings. The van der Waals surface area contributed by atoms with E-state index in [0.29, 0.717) is 17.2 Å². The summed E-state index contributed by atoms with van der Waals surface area (Å²) in [6.45, 7) is 0.664. The van der Waals surface area contributed by atoms with Crippen molar-refractivity contribution >= 4 is 17.9 Å². The van der Waals surface area contributed by atoms with Gasteiger partial charge in [0.25, 0.3) is 0 Å². The molecular weight excluding hydrogens is 176 g/mol. The van der Waals surface area contributed by atoms with E-state index in [-0.39, 0.29) is 0 Å². The first-order chi connectivity index (χ1) is 5.81. The topological polar surface area (TPSA) is 26.3 Å². The van der Waals surface area contributed by atoms with Crippen molar-refractivity contribution in [2.24, 2.45) is 0 Å². The lowest BCUT2D eigenvalue weighted by Gasteiger charge is -2.01. The molecule has 0 radical (unpaired) electrons. The van der Waals surface area contributed by atoms with Gasteiger partial charge in [-0.15, -0.1) is 0 Å². The molecule has 0 bridgehead atoms. The first-order valence-corrected chi connectivity index (χ1v) is 4.09. The average Bonchev–Trinajstić information content (AvgIpc) is 2.52. The van der Waals surface area contributed by atoms with Crippen LogP contribution < -0.4 is 4.74 Å². The first kappa shape index (κ1) is 7.62. The van der Waals surface area contributed by atoms with Crippen LogP contribution >= 0.6 is 11.6 Å². The fourth-order valence-electron chi connectivity index (χ4n) is 1.35. The summed E-state index contributed by atoms with van der Waals surface area (Å²) in [5.74, 6) is 0.738. The van der Waals surface area contributed by atoms with E-state index < -0.39 is 0 Å². The molecule has 0 amide bonds. The maximum absolute atomic E-state index is 10.5. The van der Waals surface area contributed by atoms with Crippen LogP contribution in [0.1, 0.15) is 15.9 Å². The molecule has 1 heterocycles. The minimum absolute atomic E-state index is 0.534. The highest BCUT2D eigenvalue weighted by Gasteiger charge is 2.16. The molecule has 0 unspecified atom stereocenters. The van der Waals surface area contributed by atoms with Gasteiger partial charge >= 0.3 is 0 Å².